The highest BCUT2D eigenvalue weighted by Gasteiger charge is 2.43. The van der Waals surface area contributed by atoms with Gasteiger partial charge >= 0.3 is 0 Å². The first-order chi connectivity index (χ1) is 8.32. The van der Waals surface area contributed by atoms with Crippen molar-refractivity contribution < 1.29 is 14.3 Å². The Morgan fingerprint density at radius 3 is 2.67 bits per heavy atom. The molecule has 0 bridgehead atoms. The van der Waals surface area contributed by atoms with Gasteiger partial charge in [-0.05, 0) is 20.3 Å². The Hall–Kier alpha value is -1.14. The molecule has 1 saturated heterocycles. The van der Waals surface area contributed by atoms with Crippen LogP contribution in [0.25, 0.3) is 0 Å². The molecule has 0 saturated carbocycles. The average Bonchev–Trinajstić information content (AvgIpc) is 2.32. The maximum atomic E-state index is 12.2. The number of methoxy groups -OCH3 is 1. The summed E-state index contributed by atoms with van der Waals surface area (Å²) in [6.45, 7) is 5.02. The van der Waals surface area contributed by atoms with E-state index in [1.165, 1.54) is 0 Å². The quantitative estimate of drug-likeness (QED) is 0.732. The van der Waals surface area contributed by atoms with E-state index in [-0.39, 0.29) is 11.8 Å². The van der Waals surface area contributed by atoms with Gasteiger partial charge in [0, 0.05) is 33.9 Å². The maximum Gasteiger partial charge on any atom is 0.247 e. The highest BCUT2D eigenvalue weighted by molar-refractivity contribution is 5.93. The van der Waals surface area contributed by atoms with Crippen molar-refractivity contribution in [1.82, 2.24) is 9.80 Å². The Morgan fingerprint density at radius 2 is 2.11 bits per heavy atom. The molecule has 0 aromatic heterocycles. The minimum absolute atomic E-state index is 0.0546. The molecule has 0 radical (unpaired) electrons. The number of ether oxygens (including phenoxy) is 1. The van der Waals surface area contributed by atoms with Crippen LogP contribution in [0, 0.1) is 0 Å². The molecule has 1 rings (SSSR count). The molecule has 104 valence electrons. The first-order valence-corrected chi connectivity index (χ1v) is 6.14. The lowest BCUT2D eigenvalue weighted by molar-refractivity contribution is -0.158. The van der Waals surface area contributed by atoms with Crippen molar-refractivity contribution in [2.75, 3.05) is 33.9 Å². The molecule has 0 spiro atoms. The third-order valence-electron chi connectivity index (χ3n) is 3.42. The van der Waals surface area contributed by atoms with Crippen LogP contribution >= 0.6 is 0 Å². The Bertz CT molecular complexity index is 331. The fraction of sp³-hybridized carbons (Fsp3) is 0.833. The molecule has 6 nitrogen and oxygen atoms in total. The molecule has 6 heteroatoms. The van der Waals surface area contributed by atoms with E-state index < -0.39 is 11.6 Å². The van der Waals surface area contributed by atoms with Crippen molar-refractivity contribution in [3.63, 3.8) is 0 Å². The number of amides is 2. The van der Waals surface area contributed by atoms with Gasteiger partial charge in [0.15, 0.2) is 0 Å². The molecular formula is C12H23N3O3. The van der Waals surface area contributed by atoms with Crippen molar-refractivity contribution >= 4 is 11.8 Å². The van der Waals surface area contributed by atoms with Gasteiger partial charge in [0.1, 0.15) is 5.54 Å². The molecule has 1 heterocycles. The summed E-state index contributed by atoms with van der Waals surface area (Å²) >= 11 is 0. The molecule has 1 aliphatic rings. The van der Waals surface area contributed by atoms with E-state index in [4.69, 9.17) is 10.5 Å². The number of carbonyl (C=O) groups excluding carboxylic acids is 2. The van der Waals surface area contributed by atoms with Crippen LogP contribution in [0.5, 0.6) is 0 Å². The van der Waals surface area contributed by atoms with Crippen LogP contribution in [-0.2, 0) is 14.3 Å². The van der Waals surface area contributed by atoms with Crippen molar-refractivity contribution in [1.29, 1.82) is 0 Å². The van der Waals surface area contributed by atoms with E-state index in [9.17, 15) is 9.59 Å². The fourth-order valence-electron chi connectivity index (χ4n) is 2.17. The SMILES string of the molecule is COCCC(N)C(=O)N1CCN(C)C(=O)C1(C)C. The number of nitrogens with two attached hydrogens (primary N) is 1. The number of piperazine rings is 1. The molecule has 18 heavy (non-hydrogen) atoms. The summed E-state index contributed by atoms with van der Waals surface area (Å²) in [5.74, 6) is -0.237. The molecule has 1 unspecified atom stereocenters. The number of hydrogen-bond acceptors (Lipinski definition) is 4. The number of nitrogens with zero attached hydrogens (tertiary/aromatic N) is 2. The molecule has 2 N–H and O–H groups in total. The molecule has 0 aliphatic carbocycles. The van der Waals surface area contributed by atoms with E-state index >= 15 is 0 Å². The van der Waals surface area contributed by atoms with Crippen molar-refractivity contribution in [3.05, 3.63) is 0 Å². The van der Waals surface area contributed by atoms with E-state index in [0.717, 1.165) is 0 Å². The second kappa shape index (κ2) is 5.67. The summed E-state index contributed by atoms with van der Waals surface area (Å²) in [5, 5.41) is 0. The van der Waals surface area contributed by atoms with Crippen LogP contribution in [0.4, 0.5) is 0 Å². The Labute approximate surface area is 108 Å². The topological polar surface area (TPSA) is 75.9 Å². The summed E-state index contributed by atoms with van der Waals surface area (Å²) in [6.07, 6.45) is 0.464. The van der Waals surface area contributed by atoms with Gasteiger partial charge in [0.05, 0.1) is 6.04 Å². The number of hydrogen-bond donors (Lipinski definition) is 1. The van der Waals surface area contributed by atoms with Gasteiger partial charge in [-0.2, -0.15) is 0 Å². The summed E-state index contributed by atoms with van der Waals surface area (Å²) in [4.78, 5) is 27.5. The fourth-order valence-corrected chi connectivity index (χ4v) is 2.17. The predicted molar refractivity (Wildman–Crippen MR) is 67.9 cm³/mol. The van der Waals surface area contributed by atoms with E-state index in [0.29, 0.717) is 26.1 Å². The van der Waals surface area contributed by atoms with E-state index in [2.05, 4.69) is 0 Å². The van der Waals surface area contributed by atoms with Crippen molar-refractivity contribution in [2.24, 2.45) is 5.73 Å². The second-order valence-corrected chi connectivity index (χ2v) is 5.16. The highest BCUT2D eigenvalue weighted by Crippen LogP contribution is 2.22. The molecular weight excluding hydrogens is 234 g/mol. The number of carbonyl (C=O) groups is 2. The van der Waals surface area contributed by atoms with E-state index in [1.807, 2.05) is 0 Å². The van der Waals surface area contributed by atoms with Gasteiger partial charge in [0.25, 0.3) is 0 Å². The molecule has 0 aromatic rings. The standard InChI is InChI=1S/C12H23N3O3/c1-12(2)11(17)14(3)6-7-15(12)10(16)9(13)5-8-18-4/h9H,5-8,13H2,1-4H3. The molecule has 1 fully saturated rings. The normalized spacial score (nSPS) is 21.1. The van der Waals surface area contributed by atoms with Gasteiger partial charge in [-0.15, -0.1) is 0 Å². The summed E-state index contributed by atoms with van der Waals surface area (Å²) in [7, 11) is 3.32. The number of likely N-dealkylation sites (N-methyl/N-ethyl adjacent to an activating group) is 1. The van der Waals surface area contributed by atoms with Crippen LogP contribution in [0.1, 0.15) is 20.3 Å². The molecule has 1 aliphatic heterocycles. The largest absolute Gasteiger partial charge is 0.385 e. The van der Waals surface area contributed by atoms with Crippen molar-refractivity contribution in [3.8, 4) is 0 Å². The zero-order valence-electron chi connectivity index (χ0n) is 11.6. The zero-order valence-corrected chi connectivity index (χ0v) is 11.6. The summed E-state index contributed by atoms with van der Waals surface area (Å²) in [5.41, 5.74) is 5.01. The highest BCUT2D eigenvalue weighted by atomic mass is 16.5. The Morgan fingerprint density at radius 1 is 1.50 bits per heavy atom. The van der Waals surface area contributed by atoms with Crippen LogP contribution < -0.4 is 5.73 Å². The average molecular weight is 257 g/mol. The van der Waals surface area contributed by atoms with Gasteiger partial charge in [-0.1, -0.05) is 0 Å². The van der Waals surface area contributed by atoms with Gasteiger partial charge in [-0.25, -0.2) is 0 Å². The maximum absolute atomic E-state index is 12.2. The molecule has 0 aromatic carbocycles. The Balaban J connectivity index is 2.76. The minimum Gasteiger partial charge on any atom is -0.385 e. The lowest BCUT2D eigenvalue weighted by Crippen LogP contribution is -2.65. The van der Waals surface area contributed by atoms with E-state index in [1.54, 1.807) is 37.8 Å². The smallest absolute Gasteiger partial charge is 0.247 e. The first kappa shape index (κ1) is 14.9. The van der Waals surface area contributed by atoms with Crippen LogP contribution in [-0.4, -0.2) is 67.0 Å². The summed E-state index contributed by atoms with van der Waals surface area (Å²) in [6, 6.07) is -0.611. The van der Waals surface area contributed by atoms with Gasteiger partial charge in [-0.3, -0.25) is 9.59 Å². The number of rotatable bonds is 4. The third-order valence-corrected chi connectivity index (χ3v) is 3.42. The van der Waals surface area contributed by atoms with Crippen LogP contribution in [0.3, 0.4) is 0 Å². The van der Waals surface area contributed by atoms with Crippen LogP contribution in [0.15, 0.2) is 0 Å². The lowest BCUT2D eigenvalue weighted by atomic mass is 9.96. The molecule has 1 atom stereocenters. The minimum atomic E-state index is -0.825. The van der Waals surface area contributed by atoms with Crippen molar-refractivity contribution in [2.45, 2.75) is 31.8 Å². The van der Waals surface area contributed by atoms with Gasteiger partial charge in [0.2, 0.25) is 11.8 Å². The predicted octanol–water partition coefficient (Wildman–Crippen LogP) is -0.571. The lowest BCUT2D eigenvalue weighted by Gasteiger charge is -2.45. The first-order valence-electron chi connectivity index (χ1n) is 6.14. The zero-order chi connectivity index (χ0) is 13.9. The third kappa shape index (κ3) is 2.81. The summed E-state index contributed by atoms with van der Waals surface area (Å²) < 4.78 is 4.91. The molecule has 2 amide bonds. The Kier molecular flexibility index (Phi) is 4.70. The van der Waals surface area contributed by atoms with Gasteiger partial charge < -0.3 is 20.3 Å². The second-order valence-electron chi connectivity index (χ2n) is 5.16. The van der Waals surface area contributed by atoms with Crippen LogP contribution in [0.2, 0.25) is 0 Å². The monoisotopic (exact) mass is 257 g/mol.